The van der Waals surface area contributed by atoms with Crippen LogP contribution in [0.1, 0.15) is 54.1 Å². The summed E-state index contributed by atoms with van der Waals surface area (Å²) in [6.45, 7) is 1.65. The van der Waals surface area contributed by atoms with Crippen LogP contribution in [0.25, 0.3) is 0 Å². The fourth-order valence-corrected chi connectivity index (χ4v) is 3.93. The molecule has 0 radical (unpaired) electrons. The van der Waals surface area contributed by atoms with Crippen molar-refractivity contribution in [2.45, 2.75) is 50.5 Å². The fraction of sp³-hybridized carbons (Fsp3) is 0.348. The Labute approximate surface area is 164 Å². The van der Waals surface area contributed by atoms with Gasteiger partial charge in [0.2, 0.25) is 5.91 Å². The molecule has 2 aromatic carbocycles. The molecule has 0 bridgehead atoms. The summed E-state index contributed by atoms with van der Waals surface area (Å²) in [4.78, 5) is 37.3. The average molecular weight is 377 g/mol. The first-order valence-corrected chi connectivity index (χ1v) is 9.73. The Bertz CT molecular complexity index is 931. The number of amides is 1. The van der Waals surface area contributed by atoms with Crippen LogP contribution in [0.5, 0.6) is 0 Å². The number of ketones is 1. The highest BCUT2D eigenvalue weighted by molar-refractivity contribution is 5.99. The molecule has 144 valence electrons. The Balaban J connectivity index is 1.47. The predicted octanol–water partition coefficient (Wildman–Crippen LogP) is 3.81. The van der Waals surface area contributed by atoms with Crippen LogP contribution in [0, 0.1) is 0 Å². The van der Waals surface area contributed by atoms with Gasteiger partial charge in [-0.1, -0.05) is 30.3 Å². The molecule has 1 saturated carbocycles. The first kappa shape index (κ1) is 18.4. The molecule has 0 spiro atoms. The standard InChI is InChI=1S/C23H23NO4/c1-15(21(26)23(12-13-23)18-7-3-2-4-8-18)28-22(27)17-10-11-19-16(14-17)6-5-9-20(25)24-19/h2-4,7-8,10-11,14-15H,5-6,9,12-13H2,1H3,(H,24,25). The number of anilines is 1. The fourth-order valence-electron chi connectivity index (χ4n) is 3.93. The molecule has 1 heterocycles. The second-order valence-electron chi connectivity index (χ2n) is 7.63. The lowest BCUT2D eigenvalue weighted by Gasteiger charge is -2.20. The lowest BCUT2D eigenvalue weighted by atomic mass is 9.89. The summed E-state index contributed by atoms with van der Waals surface area (Å²) in [5.41, 5.74) is 2.54. The van der Waals surface area contributed by atoms with E-state index in [0.717, 1.165) is 42.5 Å². The van der Waals surface area contributed by atoms with Crippen molar-refractivity contribution in [1.29, 1.82) is 0 Å². The topological polar surface area (TPSA) is 72.5 Å². The van der Waals surface area contributed by atoms with Crippen LogP contribution in [0.15, 0.2) is 48.5 Å². The number of hydrogen-bond acceptors (Lipinski definition) is 4. The number of carbonyl (C=O) groups excluding carboxylic acids is 3. The highest BCUT2D eigenvalue weighted by atomic mass is 16.5. The summed E-state index contributed by atoms with van der Waals surface area (Å²) in [5, 5.41) is 2.85. The van der Waals surface area contributed by atoms with E-state index in [2.05, 4.69) is 5.32 Å². The number of hydrogen-bond donors (Lipinski definition) is 1. The molecule has 5 heteroatoms. The minimum absolute atomic E-state index is 0.0102. The van der Waals surface area contributed by atoms with Crippen molar-refractivity contribution in [2.75, 3.05) is 5.32 Å². The van der Waals surface area contributed by atoms with E-state index in [1.54, 1.807) is 25.1 Å². The molecule has 0 saturated heterocycles. The van der Waals surface area contributed by atoms with Crippen LogP contribution in [-0.4, -0.2) is 23.8 Å². The number of carbonyl (C=O) groups is 3. The summed E-state index contributed by atoms with van der Waals surface area (Å²) >= 11 is 0. The summed E-state index contributed by atoms with van der Waals surface area (Å²) in [6, 6.07) is 14.8. The zero-order valence-electron chi connectivity index (χ0n) is 15.9. The predicted molar refractivity (Wildman–Crippen MR) is 105 cm³/mol. The maximum atomic E-state index is 13.0. The van der Waals surface area contributed by atoms with Gasteiger partial charge in [0.1, 0.15) is 0 Å². The van der Waals surface area contributed by atoms with Crippen LogP contribution >= 0.6 is 0 Å². The van der Waals surface area contributed by atoms with Crippen LogP contribution in [0.3, 0.4) is 0 Å². The first-order chi connectivity index (χ1) is 13.5. The second-order valence-corrected chi connectivity index (χ2v) is 7.63. The van der Waals surface area contributed by atoms with Crippen molar-refractivity contribution in [1.82, 2.24) is 0 Å². The average Bonchev–Trinajstić information content (AvgIpc) is 3.52. The number of aryl methyl sites for hydroxylation is 1. The molecule has 2 aliphatic rings. The van der Waals surface area contributed by atoms with E-state index in [9.17, 15) is 14.4 Å². The molecule has 1 atom stereocenters. The molecular weight excluding hydrogens is 354 g/mol. The van der Waals surface area contributed by atoms with Gasteiger partial charge in [-0.15, -0.1) is 0 Å². The molecular formula is C23H23NO4. The van der Waals surface area contributed by atoms with Gasteiger partial charge in [-0.25, -0.2) is 4.79 Å². The third-order valence-electron chi connectivity index (χ3n) is 5.67. The molecule has 5 nitrogen and oxygen atoms in total. The Hall–Kier alpha value is -2.95. The molecule has 28 heavy (non-hydrogen) atoms. The first-order valence-electron chi connectivity index (χ1n) is 9.73. The molecule has 1 amide bonds. The number of benzene rings is 2. The SMILES string of the molecule is CC(OC(=O)c1ccc2c(c1)CCCC(=O)N2)C(=O)C1(c2ccccc2)CC1. The number of rotatable bonds is 5. The smallest absolute Gasteiger partial charge is 0.338 e. The second kappa shape index (κ2) is 7.23. The Morgan fingerprint density at radius 2 is 1.82 bits per heavy atom. The van der Waals surface area contributed by atoms with Crippen molar-refractivity contribution in [3.63, 3.8) is 0 Å². The molecule has 2 aromatic rings. The van der Waals surface area contributed by atoms with Gasteiger partial charge < -0.3 is 10.1 Å². The van der Waals surface area contributed by atoms with Crippen molar-refractivity contribution < 1.29 is 19.1 Å². The highest BCUT2D eigenvalue weighted by Crippen LogP contribution is 2.49. The lowest BCUT2D eigenvalue weighted by Crippen LogP contribution is -2.34. The molecule has 4 rings (SSSR count). The summed E-state index contributed by atoms with van der Waals surface area (Å²) < 4.78 is 5.51. The van der Waals surface area contributed by atoms with Crippen molar-refractivity contribution >= 4 is 23.3 Å². The molecule has 1 fully saturated rings. The number of esters is 1. The monoisotopic (exact) mass is 377 g/mol. The van der Waals surface area contributed by atoms with Gasteiger partial charge in [0.15, 0.2) is 11.9 Å². The number of Topliss-reactive ketones (excluding diaryl/α,β-unsaturated/α-hetero) is 1. The van der Waals surface area contributed by atoms with Crippen LogP contribution in [0.2, 0.25) is 0 Å². The zero-order chi connectivity index (χ0) is 19.7. The summed E-state index contributed by atoms with van der Waals surface area (Å²) in [7, 11) is 0. The Morgan fingerprint density at radius 1 is 1.07 bits per heavy atom. The van der Waals surface area contributed by atoms with Gasteiger partial charge >= 0.3 is 5.97 Å². The number of nitrogens with one attached hydrogen (secondary N) is 1. The normalized spacial score (nSPS) is 18.2. The van der Waals surface area contributed by atoms with Gasteiger partial charge in [0.25, 0.3) is 0 Å². The van der Waals surface area contributed by atoms with Crippen molar-refractivity contribution in [3.8, 4) is 0 Å². The van der Waals surface area contributed by atoms with E-state index in [-0.39, 0.29) is 11.7 Å². The largest absolute Gasteiger partial charge is 0.451 e. The quantitative estimate of drug-likeness (QED) is 0.805. The van der Waals surface area contributed by atoms with E-state index in [1.807, 2.05) is 30.3 Å². The zero-order valence-corrected chi connectivity index (χ0v) is 15.9. The van der Waals surface area contributed by atoms with Crippen LogP contribution in [0.4, 0.5) is 5.69 Å². The van der Waals surface area contributed by atoms with Crippen molar-refractivity contribution in [2.24, 2.45) is 0 Å². The van der Waals surface area contributed by atoms with E-state index >= 15 is 0 Å². The van der Waals surface area contributed by atoms with Gasteiger partial charge in [-0.3, -0.25) is 9.59 Å². The van der Waals surface area contributed by atoms with Gasteiger partial charge in [0.05, 0.1) is 11.0 Å². The number of ether oxygens (including phenoxy) is 1. The third kappa shape index (κ3) is 3.44. The lowest BCUT2D eigenvalue weighted by molar-refractivity contribution is -0.129. The van der Waals surface area contributed by atoms with Crippen LogP contribution in [-0.2, 0) is 26.2 Å². The van der Waals surface area contributed by atoms with E-state index in [4.69, 9.17) is 4.74 Å². The number of fused-ring (bicyclic) bond motifs is 1. The van der Waals surface area contributed by atoms with Gasteiger partial charge in [-0.2, -0.15) is 0 Å². The van der Waals surface area contributed by atoms with E-state index < -0.39 is 17.5 Å². The summed E-state index contributed by atoms with van der Waals surface area (Å²) in [5.74, 6) is -0.568. The minimum atomic E-state index is -0.811. The third-order valence-corrected chi connectivity index (χ3v) is 5.67. The van der Waals surface area contributed by atoms with E-state index in [1.165, 1.54) is 0 Å². The van der Waals surface area contributed by atoms with Gasteiger partial charge in [0, 0.05) is 12.1 Å². The highest BCUT2D eigenvalue weighted by Gasteiger charge is 2.53. The van der Waals surface area contributed by atoms with E-state index in [0.29, 0.717) is 12.0 Å². The summed E-state index contributed by atoms with van der Waals surface area (Å²) in [6.07, 6.45) is 2.70. The Kier molecular flexibility index (Phi) is 4.75. The Morgan fingerprint density at radius 3 is 2.54 bits per heavy atom. The maximum absolute atomic E-state index is 13.0. The molecule has 0 aromatic heterocycles. The molecule has 1 aliphatic heterocycles. The van der Waals surface area contributed by atoms with Crippen molar-refractivity contribution in [3.05, 3.63) is 65.2 Å². The van der Waals surface area contributed by atoms with Gasteiger partial charge in [-0.05, 0) is 61.9 Å². The molecule has 1 unspecified atom stereocenters. The maximum Gasteiger partial charge on any atom is 0.338 e. The van der Waals surface area contributed by atoms with Crippen LogP contribution < -0.4 is 5.32 Å². The minimum Gasteiger partial charge on any atom is -0.451 e. The molecule has 1 aliphatic carbocycles. The molecule has 1 N–H and O–H groups in total.